The van der Waals surface area contributed by atoms with Crippen LogP contribution < -0.4 is 10.9 Å². The number of nitrogens with zero attached hydrogens (tertiary/aromatic N) is 2. The van der Waals surface area contributed by atoms with Crippen molar-refractivity contribution in [2.75, 3.05) is 5.32 Å². The topological polar surface area (TPSA) is 79.8 Å². The van der Waals surface area contributed by atoms with Crippen molar-refractivity contribution < 1.29 is 4.79 Å². The number of hydrogen-bond acceptors (Lipinski definition) is 4. The third-order valence-electron chi connectivity index (χ3n) is 3.80. The Bertz CT molecular complexity index is 919. The molecule has 1 amide bonds. The normalized spacial score (nSPS) is 11.0. The summed E-state index contributed by atoms with van der Waals surface area (Å²) in [7, 11) is 0. The first-order valence-electron chi connectivity index (χ1n) is 6.86. The Morgan fingerprint density at radius 1 is 1.36 bits per heavy atom. The highest BCUT2D eigenvalue weighted by Crippen LogP contribution is 2.31. The predicted octanol–water partition coefficient (Wildman–Crippen LogP) is 2.35. The molecule has 114 valence electrons. The molecule has 22 heavy (non-hydrogen) atoms. The minimum atomic E-state index is -0.233. The molecule has 0 unspecified atom stereocenters. The largest absolute Gasteiger partial charge is 0.346 e. The van der Waals surface area contributed by atoms with Gasteiger partial charge in [0.25, 0.3) is 5.56 Å². The Morgan fingerprint density at radius 2 is 2.14 bits per heavy atom. The number of rotatable bonds is 3. The van der Waals surface area contributed by atoms with E-state index in [1.54, 1.807) is 23.6 Å². The minimum Gasteiger partial charge on any atom is -0.346 e. The lowest BCUT2D eigenvalue weighted by Crippen LogP contribution is -2.27. The maximum atomic E-state index is 12.2. The number of carbonyl (C=O) groups excluding carboxylic acids is 1. The molecule has 0 aliphatic rings. The number of amides is 1. The Hall–Kier alpha value is -2.41. The average molecular weight is 316 g/mol. The van der Waals surface area contributed by atoms with Gasteiger partial charge in [0, 0.05) is 11.1 Å². The second-order valence-electron chi connectivity index (χ2n) is 5.20. The van der Waals surface area contributed by atoms with Crippen molar-refractivity contribution in [2.24, 2.45) is 0 Å². The molecule has 0 saturated carbocycles. The monoisotopic (exact) mass is 316 g/mol. The van der Waals surface area contributed by atoms with E-state index < -0.39 is 0 Å². The van der Waals surface area contributed by atoms with E-state index in [4.69, 9.17) is 0 Å². The van der Waals surface area contributed by atoms with Gasteiger partial charge in [-0.15, -0.1) is 11.3 Å². The van der Waals surface area contributed by atoms with Crippen LogP contribution in [0, 0.1) is 20.8 Å². The van der Waals surface area contributed by atoms with Crippen LogP contribution in [-0.4, -0.2) is 20.4 Å². The number of carbonyl (C=O) groups is 1. The van der Waals surface area contributed by atoms with Gasteiger partial charge in [-0.3, -0.25) is 14.2 Å². The van der Waals surface area contributed by atoms with Gasteiger partial charge in [0.2, 0.25) is 5.91 Å². The summed E-state index contributed by atoms with van der Waals surface area (Å²) in [5.41, 5.74) is 2.56. The molecule has 0 bridgehead atoms. The van der Waals surface area contributed by atoms with Crippen molar-refractivity contribution >= 4 is 33.3 Å². The van der Waals surface area contributed by atoms with Gasteiger partial charge in [0.1, 0.15) is 18.5 Å². The van der Waals surface area contributed by atoms with E-state index in [1.165, 1.54) is 21.3 Å². The van der Waals surface area contributed by atoms with Crippen molar-refractivity contribution in [2.45, 2.75) is 27.3 Å². The van der Waals surface area contributed by atoms with Crippen LogP contribution in [0.25, 0.3) is 11.0 Å². The predicted molar refractivity (Wildman–Crippen MR) is 87.5 cm³/mol. The number of anilines is 1. The standard InChI is InChI=1S/C15H16N4O2S/c1-8-9(2)14(22-10(8)3)18-12(20)6-19-7-17-13-11(15(19)21)4-5-16-13/h4-5,7,16H,6H2,1-3H3,(H,18,20). The molecule has 0 radical (unpaired) electrons. The van der Waals surface area contributed by atoms with Gasteiger partial charge in [0.15, 0.2) is 0 Å². The molecular formula is C15H16N4O2S. The Labute approximate surface area is 130 Å². The first kappa shape index (κ1) is 14.5. The summed E-state index contributed by atoms with van der Waals surface area (Å²) in [6, 6.07) is 1.66. The van der Waals surface area contributed by atoms with E-state index in [1.807, 2.05) is 20.8 Å². The second-order valence-corrected chi connectivity index (χ2v) is 6.43. The number of aromatic amines is 1. The summed E-state index contributed by atoms with van der Waals surface area (Å²) in [4.78, 5) is 32.6. The maximum absolute atomic E-state index is 12.2. The quantitative estimate of drug-likeness (QED) is 0.778. The fourth-order valence-electron chi connectivity index (χ4n) is 2.27. The highest BCUT2D eigenvalue weighted by molar-refractivity contribution is 7.16. The molecule has 6 nitrogen and oxygen atoms in total. The first-order chi connectivity index (χ1) is 10.5. The lowest BCUT2D eigenvalue weighted by atomic mass is 10.2. The van der Waals surface area contributed by atoms with Crippen LogP contribution in [-0.2, 0) is 11.3 Å². The zero-order valence-corrected chi connectivity index (χ0v) is 13.4. The average Bonchev–Trinajstić information content (AvgIpc) is 3.04. The molecule has 0 spiro atoms. The Balaban J connectivity index is 1.82. The lowest BCUT2D eigenvalue weighted by molar-refractivity contribution is -0.116. The number of nitrogens with one attached hydrogen (secondary N) is 2. The van der Waals surface area contributed by atoms with Crippen LogP contribution in [0.3, 0.4) is 0 Å². The van der Waals surface area contributed by atoms with E-state index >= 15 is 0 Å². The Morgan fingerprint density at radius 3 is 2.82 bits per heavy atom. The van der Waals surface area contributed by atoms with Gasteiger partial charge in [-0.25, -0.2) is 4.98 Å². The fourth-order valence-corrected chi connectivity index (χ4v) is 3.35. The number of aromatic nitrogens is 3. The number of H-pyrrole nitrogens is 1. The number of thiophene rings is 1. The zero-order chi connectivity index (χ0) is 15.9. The van der Waals surface area contributed by atoms with E-state index in [0.717, 1.165) is 10.6 Å². The van der Waals surface area contributed by atoms with Crippen LogP contribution in [0.4, 0.5) is 5.00 Å². The zero-order valence-electron chi connectivity index (χ0n) is 12.6. The van der Waals surface area contributed by atoms with E-state index in [2.05, 4.69) is 15.3 Å². The van der Waals surface area contributed by atoms with Gasteiger partial charge in [0.05, 0.1) is 10.4 Å². The molecule has 7 heteroatoms. The molecule has 3 rings (SSSR count). The molecule has 0 atom stereocenters. The molecule has 3 aromatic heterocycles. The van der Waals surface area contributed by atoms with Gasteiger partial charge in [-0.1, -0.05) is 0 Å². The molecule has 0 aliphatic carbocycles. The molecule has 3 aromatic rings. The number of fused-ring (bicyclic) bond motifs is 1. The van der Waals surface area contributed by atoms with Crippen LogP contribution in [0.5, 0.6) is 0 Å². The summed E-state index contributed by atoms with van der Waals surface area (Å²) in [6.45, 7) is 5.98. The fraction of sp³-hybridized carbons (Fsp3) is 0.267. The maximum Gasteiger partial charge on any atom is 0.263 e. The highest BCUT2D eigenvalue weighted by Gasteiger charge is 2.13. The molecule has 0 saturated heterocycles. The van der Waals surface area contributed by atoms with Gasteiger partial charge in [-0.05, 0) is 38.0 Å². The first-order valence-corrected chi connectivity index (χ1v) is 7.68. The van der Waals surface area contributed by atoms with E-state index in [9.17, 15) is 9.59 Å². The van der Waals surface area contributed by atoms with Crippen molar-refractivity contribution in [3.05, 3.63) is 44.9 Å². The number of aryl methyl sites for hydroxylation is 1. The summed E-state index contributed by atoms with van der Waals surface area (Å²) < 4.78 is 1.31. The third-order valence-corrected chi connectivity index (χ3v) is 5.02. The lowest BCUT2D eigenvalue weighted by Gasteiger charge is -2.06. The molecular weight excluding hydrogens is 300 g/mol. The summed E-state index contributed by atoms with van der Waals surface area (Å²) in [5.74, 6) is -0.233. The molecule has 0 aliphatic heterocycles. The summed E-state index contributed by atoms with van der Waals surface area (Å²) in [6.07, 6.45) is 3.04. The van der Waals surface area contributed by atoms with Crippen LogP contribution in [0.2, 0.25) is 0 Å². The molecule has 0 aromatic carbocycles. The smallest absolute Gasteiger partial charge is 0.263 e. The SMILES string of the molecule is Cc1sc(NC(=O)Cn2cnc3[nH]ccc3c2=O)c(C)c1C. The van der Waals surface area contributed by atoms with Crippen molar-refractivity contribution in [1.82, 2.24) is 14.5 Å². The summed E-state index contributed by atoms with van der Waals surface area (Å²) in [5, 5.41) is 4.19. The van der Waals surface area contributed by atoms with Crippen molar-refractivity contribution in [3.8, 4) is 0 Å². The highest BCUT2D eigenvalue weighted by atomic mass is 32.1. The van der Waals surface area contributed by atoms with Crippen molar-refractivity contribution in [1.29, 1.82) is 0 Å². The molecule has 0 fully saturated rings. The summed E-state index contributed by atoms with van der Waals surface area (Å²) >= 11 is 1.55. The number of hydrogen-bond donors (Lipinski definition) is 2. The second kappa shape index (κ2) is 5.42. The Kier molecular flexibility index (Phi) is 3.58. The van der Waals surface area contributed by atoms with E-state index in [0.29, 0.717) is 11.0 Å². The van der Waals surface area contributed by atoms with Crippen LogP contribution >= 0.6 is 11.3 Å². The molecule has 2 N–H and O–H groups in total. The van der Waals surface area contributed by atoms with Crippen molar-refractivity contribution in [3.63, 3.8) is 0 Å². The van der Waals surface area contributed by atoms with E-state index in [-0.39, 0.29) is 18.0 Å². The van der Waals surface area contributed by atoms with Crippen LogP contribution in [0.15, 0.2) is 23.4 Å². The molecule has 3 heterocycles. The van der Waals surface area contributed by atoms with Gasteiger partial charge >= 0.3 is 0 Å². The third kappa shape index (κ3) is 2.43. The minimum absolute atomic E-state index is 0.0532. The van der Waals surface area contributed by atoms with Gasteiger partial charge < -0.3 is 10.3 Å². The van der Waals surface area contributed by atoms with Crippen LogP contribution in [0.1, 0.15) is 16.0 Å². The van der Waals surface area contributed by atoms with Gasteiger partial charge in [-0.2, -0.15) is 0 Å².